The minimum Gasteiger partial charge on any atom is -0.545 e. The predicted octanol–water partition coefficient (Wildman–Crippen LogP) is -2.59. The van der Waals surface area contributed by atoms with Crippen molar-refractivity contribution in [3.63, 3.8) is 0 Å². The molecule has 1 aromatic rings. The van der Waals surface area contributed by atoms with Gasteiger partial charge in [0.25, 0.3) is 0 Å². The fourth-order valence-corrected chi connectivity index (χ4v) is 0.855. The number of carboxylic acids is 1. The Bertz CT molecular complexity index is 301. The Balaban J connectivity index is 0.00000121. The molecule has 1 N–H and O–H groups in total. The zero-order chi connectivity index (χ0) is 8.43. The maximum Gasteiger partial charge on any atom is 1.00 e. The molecule has 0 saturated carbocycles. The van der Waals surface area contributed by atoms with Gasteiger partial charge in [-0.1, -0.05) is 17.7 Å². The Kier molecular flexibility index (Phi) is 5.92. The molecule has 12 heavy (non-hydrogen) atoms. The quantitative estimate of drug-likeness (QED) is 0.620. The summed E-state index contributed by atoms with van der Waals surface area (Å²) in [5.74, 6) is -1.89. The van der Waals surface area contributed by atoms with Crippen LogP contribution >= 0.6 is 11.6 Å². The van der Waals surface area contributed by atoms with Crippen molar-refractivity contribution in [1.29, 1.82) is 0 Å². The Hall–Kier alpha value is 0.832. The van der Waals surface area contributed by atoms with E-state index in [1.165, 1.54) is 18.2 Å². The van der Waals surface area contributed by atoms with Crippen LogP contribution in [0, 0.1) is 0 Å². The number of carboxylic acid groups (broad SMARTS) is 1. The fraction of sp³-hybridized carbons (Fsp3) is 0. The van der Waals surface area contributed by atoms with E-state index in [1.54, 1.807) is 0 Å². The Morgan fingerprint density at radius 1 is 1.50 bits per heavy atom. The molecule has 0 fully saturated rings. The average Bonchev–Trinajstić information content (AvgIpc) is 1.94. The molecule has 58 valence electrons. The molecular formula is C7H4ClCsO3. The van der Waals surface area contributed by atoms with Gasteiger partial charge in [0.2, 0.25) is 0 Å². The van der Waals surface area contributed by atoms with Gasteiger partial charge in [-0.15, -0.1) is 0 Å². The van der Waals surface area contributed by atoms with Crippen molar-refractivity contribution in [2.75, 3.05) is 0 Å². The van der Waals surface area contributed by atoms with Gasteiger partial charge in [-0.2, -0.15) is 0 Å². The van der Waals surface area contributed by atoms with Gasteiger partial charge in [0.1, 0.15) is 5.75 Å². The van der Waals surface area contributed by atoms with E-state index in [9.17, 15) is 9.90 Å². The number of rotatable bonds is 1. The normalized spacial score (nSPS) is 8.75. The molecule has 0 aliphatic heterocycles. The van der Waals surface area contributed by atoms with Gasteiger partial charge in [-0.3, -0.25) is 0 Å². The van der Waals surface area contributed by atoms with Crippen LogP contribution < -0.4 is 74.0 Å². The number of hydrogen-bond acceptors (Lipinski definition) is 3. The molecule has 1 aromatic carbocycles. The van der Waals surface area contributed by atoms with Gasteiger partial charge in [-0.25, -0.2) is 0 Å². The molecular weight excluding hydrogens is 300 g/mol. The largest absolute Gasteiger partial charge is 1.00 e. The van der Waals surface area contributed by atoms with E-state index in [2.05, 4.69) is 0 Å². The minimum absolute atomic E-state index is 0. The fourth-order valence-electron chi connectivity index (χ4n) is 0.680. The van der Waals surface area contributed by atoms with Gasteiger partial charge >= 0.3 is 68.9 Å². The molecule has 1 rings (SSSR count). The van der Waals surface area contributed by atoms with Crippen LogP contribution in [0.5, 0.6) is 5.75 Å². The summed E-state index contributed by atoms with van der Waals surface area (Å²) < 4.78 is 0. The van der Waals surface area contributed by atoms with Crippen LogP contribution in [0.2, 0.25) is 5.02 Å². The van der Waals surface area contributed by atoms with Crippen LogP contribution in [0.25, 0.3) is 0 Å². The van der Waals surface area contributed by atoms with Crippen LogP contribution in [0.3, 0.4) is 0 Å². The Morgan fingerprint density at radius 2 is 2.08 bits per heavy atom. The zero-order valence-corrected chi connectivity index (χ0v) is 13.4. The van der Waals surface area contributed by atoms with Gasteiger partial charge in [0, 0.05) is 5.56 Å². The first kappa shape index (κ1) is 12.8. The molecule has 3 nitrogen and oxygen atoms in total. The topological polar surface area (TPSA) is 60.4 Å². The smallest absolute Gasteiger partial charge is 0.545 e. The zero-order valence-electron chi connectivity index (χ0n) is 6.37. The number of halogens is 1. The summed E-state index contributed by atoms with van der Waals surface area (Å²) in [6.07, 6.45) is 0. The maximum absolute atomic E-state index is 10.2. The monoisotopic (exact) mass is 304 g/mol. The van der Waals surface area contributed by atoms with E-state index in [4.69, 9.17) is 16.7 Å². The van der Waals surface area contributed by atoms with Gasteiger partial charge in [-0.05, 0) is 12.1 Å². The van der Waals surface area contributed by atoms with Crippen LogP contribution in [0.4, 0.5) is 0 Å². The molecule has 0 spiro atoms. The number of aromatic hydroxyl groups is 1. The summed E-state index contributed by atoms with van der Waals surface area (Å²) in [5.41, 5.74) is -0.294. The predicted molar refractivity (Wildman–Crippen MR) is 37.4 cm³/mol. The standard InChI is InChI=1S/C7H5ClO3.Cs/c8-5-3-1-2-4(6(5)9)7(10)11;/h1-3,9H,(H,10,11);/q;+1/p-1. The van der Waals surface area contributed by atoms with E-state index in [0.29, 0.717) is 0 Å². The first-order valence-corrected chi connectivity index (χ1v) is 3.19. The molecule has 0 saturated heterocycles. The number of phenols is 1. The van der Waals surface area contributed by atoms with Crippen molar-refractivity contribution in [3.05, 3.63) is 28.8 Å². The molecule has 0 radical (unpaired) electrons. The molecule has 0 unspecified atom stereocenters. The summed E-state index contributed by atoms with van der Waals surface area (Å²) in [5, 5.41) is 19.3. The van der Waals surface area contributed by atoms with Crippen molar-refractivity contribution >= 4 is 17.6 Å². The number of carbonyl (C=O) groups excluding carboxylic acids is 1. The van der Waals surface area contributed by atoms with Crippen LogP contribution in [-0.2, 0) is 0 Å². The Morgan fingerprint density at radius 3 is 2.50 bits per heavy atom. The van der Waals surface area contributed by atoms with Gasteiger partial charge in [0.05, 0.1) is 11.0 Å². The summed E-state index contributed by atoms with van der Waals surface area (Å²) >= 11 is 5.42. The van der Waals surface area contributed by atoms with Gasteiger partial charge in [0.15, 0.2) is 0 Å². The third-order valence-corrected chi connectivity index (χ3v) is 1.51. The molecule has 0 aromatic heterocycles. The SMILES string of the molecule is O=C([O-])c1cccc(Cl)c1O.[Cs+]. The van der Waals surface area contributed by atoms with Crippen LogP contribution in [0.15, 0.2) is 18.2 Å². The van der Waals surface area contributed by atoms with Crippen LogP contribution in [-0.4, -0.2) is 11.1 Å². The van der Waals surface area contributed by atoms with Crippen molar-refractivity contribution in [2.24, 2.45) is 0 Å². The molecule has 0 aliphatic rings. The molecule has 0 atom stereocenters. The molecule has 5 heteroatoms. The minimum atomic E-state index is -1.44. The third kappa shape index (κ3) is 2.95. The number of hydrogen-bond donors (Lipinski definition) is 1. The van der Waals surface area contributed by atoms with E-state index in [0.717, 1.165) is 0 Å². The van der Waals surface area contributed by atoms with E-state index < -0.39 is 11.7 Å². The van der Waals surface area contributed by atoms with E-state index >= 15 is 0 Å². The summed E-state index contributed by atoms with van der Waals surface area (Å²) in [6.45, 7) is 0. The maximum atomic E-state index is 10.2. The first-order valence-electron chi connectivity index (χ1n) is 2.81. The second kappa shape index (κ2) is 5.54. The summed E-state index contributed by atoms with van der Waals surface area (Å²) in [6, 6.07) is 4.03. The Labute approximate surface area is 133 Å². The molecule has 0 bridgehead atoms. The summed E-state index contributed by atoms with van der Waals surface area (Å²) in [7, 11) is 0. The van der Waals surface area contributed by atoms with E-state index in [-0.39, 0.29) is 79.5 Å². The number of para-hydroxylation sites is 1. The second-order valence-corrected chi connectivity index (χ2v) is 2.33. The molecule has 0 aliphatic carbocycles. The summed E-state index contributed by atoms with van der Waals surface area (Å²) in [4.78, 5) is 10.2. The number of aromatic carboxylic acids is 1. The molecule has 0 amide bonds. The van der Waals surface area contributed by atoms with Crippen molar-refractivity contribution in [2.45, 2.75) is 0 Å². The van der Waals surface area contributed by atoms with Crippen molar-refractivity contribution < 1.29 is 83.9 Å². The third-order valence-electron chi connectivity index (χ3n) is 1.21. The van der Waals surface area contributed by atoms with Crippen molar-refractivity contribution in [1.82, 2.24) is 0 Å². The second-order valence-electron chi connectivity index (χ2n) is 1.92. The number of benzene rings is 1. The molecule has 0 heterocycles. The van der Waals surface area contributed by atoms with E-state index in [1.807, 2.05) is 0 Å². The first-order chi connectivity index (χ1) is 5.13. The van der Waals surface area contributed by atoms with Gasteiger partial charge < -0.3 is 15.0 Å². The van der Waals surface area contributed by atoms with Crippen molar-refractivity contribution in [3.8, 4) is 5.75 Å². The number of carbonyl (C=O) groups is 1. The van der Waals surface area contributed by atoms with Crippen LogP contribution in [0.1, 0.15) is 10.4 Å². The average molecular weight is 304 g/mol.